The first-order valence-corrected chi connectivity index (χ1v) is 6.93. The molecule has 2 rings (SSSR count). The zero-order valence-corrected chi connectivity index (χ0v) is 12.5. The molecule has 0 spiro atoms. The van der Waals surface area contributed by atoms with Gasteiger partial charge in [-0.2, -0.15) is 5.10 Å². The molecule has 0 bridgehead atoms. The van der Waals surface area contributed by atoms with Crippen molar-refractivity contribution in [3.63, 3.8) is 0 Å². The van der Waals surface area contributed by atoms with E-state index in [1.807, 2.05) is 20.1 Å². The van der Waals surface area contributed by atoms with E-state index in [4.69, 9.17) is 0 Å². The molecule has 0 aliphatic carbocycles. The van der Waals surface area contributed by atoms with Crippen LogP contribution in [0.3, 0.4) is 0 Å². The van der Waals surface area contributed by atoms with Gasteiger partial charge in [-0.1, -0.05) is 12.1 Å². The molecule has 0 unspecified atom stereocenters. The highest BCUT2D eigenvalue weighted by Crippen LogP contribution is 2.14. The Hall–Kier alpha value is -2.17. The summed E-state index contributed by atoms with van der Waals surface area (Å²) in [5.74, 6) is 1.58. The van der Waals surface area contributed by atoms with Gasteiger partial charge in [-0.3, -0.25) is 0 Å². The normalized spacial score (nSPS) is 11.2. The highest BCUT2D eigenvalue weighted by Gasteiger charge is 2.02. The van der Waals surface area contributed by atoms with Crippen LogP contribution in [0.5, 0.6) is 0 Å². The molecule has 0 atom stereocenters. The fourth-order valence-electron chi connectivity index (χ4n) is 2.12. The monoisotopic (exact) mass is 271 g/mol. The molecule has 0 fully saturated rings. The molecule has 106 valence electrons. The van der Waals surface area contributed by atoms with Crippen LogP contribution in [0.1, 0.15) is 31.1 Å². The Balaban J connectivity index is 2.15. The van der Waals surface area contributed by atoms with E-state index < -0.39 is 0 Å². The second kappa shape index (κ2) is 6.32. The highest BCUT2D eigenvalue weighted by atomic mass is 15.4. The minimum absolute atomic E-state index is 0.790. The van der Waals surface area contributed by atoms with Gasteiger partial charge >= 0.3 is 0 Å². The van der Waals surface area contributed by atoms with Crippen LogP contribution >= 0.6 is 0 Å². The summed E-state index contributed by atoms with van der Waals surface area (Å²) in [4.78, 5) is 2.31. The molecule has 5 heteroatoms. The smallest absolute Gasteiger partial charge is 0.151 e. The van der Waals surface area contributed by atoms with Crippen molar-refractivity contribution in [2.24, 2.45) is 5.10 Å². The number of hydrogen-bond acceptors (Lipinski definition) is 4. The van der Waals surface area contributed by atoms with E-state index in [9.17, 15) is 0 Å². The van der Waals surface area contributed by atoms with Gasteiger partial charge in [0.25, 0.3) is 0 Å². The zero-order chi connectivity index (χ0) is 14.5. The van der Waals surface area contributed by atoms with Gasteiger partial charge in [0, 0.05) is 18.8 Å². The molecule has 0 saturated heterocycles. The maximum Gasteiger partial charge on any atom is 0.151 e. The summed E-state index contributed by atoms with van der Waals surface area (Å²) >= 11 is 0. The number of nitrogens with zero attached hydrogens (tertiary/aromatic N) is 5. The van der Waals surface area contributed by atoms with Crippen LogP contribution in [0.15, 0.2) is 29.4 Å². The van der Waals surface area contributed by atoms with Gasteiger partial charge in [0.05, 0.1) is 6.21 Å². The lowest BCUT2D eigenvalue weighted by atomic mass is 10.2. The topological polar surface area (TPSA) is 46.3 Å². The van der Waals surface area contributed by atoms with E-state index in [0.717, 1.165) is 30.3 Å². The quantitative estimate of drug-likeness (QED) is 0.785. The highest BCUT2D eigenvalue weighted by molar-refractivity contribution is 5.80. The molecule has 0 amide bonds. The average Bonchev–Trinajstić information content (AvgIpc) is 2.78. The third-order valence-electron chi connectivity index (χ3n) is 3.30. The predicted molar refractivity (Wildman–Crippen MR) is 82.5 cm³/mol. The molecule has 20 heavy (non-hydrogen) atoms. The van der Waals surface area contributed by atoms with Crippen LogP contribution in [-0.2, 0) is 0 Å². The maximum atomic E-state index is 4.40. The van der Waals surface area contributed by atoms with Crippen molar-refractivity contribution in [2.45, 2.75) is 27.7 Å². The first-order chi connectivity index (χ1) is 9.65. The van der Waals surface area contributed by atoms with E-state index in [1.165, 1.54) is 5.69 Å². The summed E-state index contributed by atoms with van der Waals surface area (Å²) in [6.45, 7) is 10.1. The first kappa shape index (κ1) is 14.2. The van der Waals surface area contributed by atoms with Crippen molar-refractivity contribution in [2.75, 3.05) is 18.0 Å². The summed E-state index contributed by atoms with van der Waals surface area (Å²) < 4.78 is 1.73. The zero-order valence-electron chi connectivity index (χ0n) is 12.5. The minimum atomic E-state index is 0.790. The molecule has 1 aromatic heterocycles. The lowest BCUT2D eigenvalue weighted by Gasteiger charge is -2.20. The molecule has 5 nitrogen and oxygen atoms in total. The van der Waals surface area contributed by atoms with Crippen LogP contribution in [0, 0.1) is 13.8 Å². The summed E-state index contributed by atoms with van der Waals surface area (Å²) in [7, 11) is 0. The van der Waals surface area contributed by atoms with Gasteiger partial charge in [-0.25, -0.2) is 4.68 Å². The van der Waals surface area contributed by atoms with E-state index in [1.54, 1.807) is 4.68 Å². The Morgan fingerprint density at radius 2 is 1.60 bits per heavy atom. The van der Waals surface area contributed by atoms with Crippen LogP contribution < -0.4 is 4.90 Å². The third-order valence-corrected chi connectivity index (χ3v) is 3.30. The van der Waals surface area contributed by atoms with Crippen molar-refractivity contribution < 1.29 is 0 Å². The van der Waals surface area contributed by atoms with Crippen LogP contribution in [0.25, 0.3) is 0 Å². The molecular weight excluding hydrogens is 250 g/mol. The number of aryl methyl sites for hydroxylation is 2. The fraction of sp³-hybridized carbons (Fsp3) is 0.400. The Morgan fingerprint density at radius 3 is 2.10 bits per heavy atom. The van der Waals surface area contributed by atoms with E-state index in [-0.39, 0.29) is 0 Å². The molecule has 2 aromatic rings. The lowest BCUT2D eigenvalue weighted by molar-refractivity contribution is 0.799. The second-order valence-electron chi connectivity index (χ2n) is 4.61. The molecule has 1 heterocycles. The Labute approximate surface area is 119 Å². The van der Waals surface area contributed by atoms with Gasteiger partial charge in [0.15, 0.2) is 11.6 Å². The number of aromatic nitrogens is 3. The van der Waals surface area contributed by atoms with Crippen LogP contribution in [0.2, 0.25) is 0 Å². The van der Waals surface area contributed by atoms with Crippen molar-refractivity contribution in [3.8, 4) is 0 Å². The van der Waals surface area contributed by atoms with E-state index >= 15 is 0 Å². The van der Waals surface area contributed by atoms with Crippen molar-refractivity contribution in [1.82, 2.24) is 14.9 Å². The molecule has 0 N–H and O–H groups in total. The van der Waals surface area contributed by atoms with E-state index in [2.05, 4.69) is 58.3 Å². The second-order valence-corrected chi connectivity index (χ2v) is 4.61. The summed E-state index contributed by atoms with van der Waals surface area (Å²) in [5, 5.41) is 12.4. The van der Waals surface area contributed by atoms with Crippen LogP contribution in [0.4, 0.5) is 5.69 Å². The fourth-order valence-corrected chi connectivity index (χ4v) is 2.12. The van der Waals surface area contributed by atoms with Gasteiger partial charge in [0.2, 0.25) is 0 Å². The van der Waals surface area contributed by atoms with Gasteiger partial charge in [0.1, 0.15) is 0 Å². The predicted octanol–water partition coefficient (Wildman–Crippen LogP) is 2.62. The molecule has 0 aliphatic heterocycles. The largest absolute Gasteiger partial charge is 0.372 e. The molecule has 0 aliphatic rings. The number of anilines is 1. The van der Waals surface area contributed by atoms with Crippen molar-refractivity contribution in [3.05, 3.63) is 41.5 Å². The summed E-state index contributed by atoms with van der Waals surface area (Å²) in [6.07, 6.45) is 1.83. The van der Waals surface area contributed by atoms with Crippen molar-refractivity contribution in [1.29, 1.82) is 0 Å². The number of rotatable bonds is 5. The Morgan fingerprint density at radius 1 is 1.05 bits per heavy atom. The lowest BCUT2D eigenvalue weighted by Crippen LogP contribution is -2.21. The minimum Gasteiger partial charge on any atom is -0.372 e. The average molecular weight is 271 g/mol. The van der Waals surface area contributed by atoms with Crippen LogP contribution in [-0.4, -0.2) is 34.2 Å². The standard InChI is InChI=1S/C15H21N5/c1-5-19(6-2)15-9-7-14(8-10-15)11-16-20-12(3)17-18-13(20)4/h7-11H,5-6H2,1-4H3/b16-11+. The molecular formula is C15H21N5. The number of benzene rings is 1. The van der Waals surface area contributed by atoms with Gasteiger partial charge in [-0.05, 0) is 45.4 Å². The van der Waals surface area contributed by atoms with Crippen molar-refractivity contribution >= 4 is 11.9 Å². The first-order valence-electron chi connectivity index (χ1n) is 6.93. The van der Waals surface area contributed by atoms with E-state index in [0.29, 0.717) is 0 Å². The Bertz CT molecular complexity index is 559. The maximum absolute atomic E-state index is 4.40. The van der Waals surface area contributed by atoms with Gasteiger partial charge in [-0.15, -0.1) is 10.2 Å². The summed E-state index contributed by atoms with van der Waals surface area (Å²) in [6, 6.07) is 8.40. The third kappa shape index (κ3) is 3.04. The molecule has 0 radical (unpaired) electrons. The SMILES string of the molecule is CCN(CC)c1ccc(/C=N/n2c(C)nnc2C)cc1. The Kier molecular flexibility index (Phi) is 4.50. The number of hydrogen-bond donors (Lipinski definition) is 0. The van der Waals surface area contributed by atoms with Gasteiger partial charge < -0.3 is 4.90 Å². The molecule has 0 saturated carbocycles. The summed E-state index contributed by atoms with van der Waals surface area (Å²) in [5.41, 5.74) is 2.30. The molecule has 1 aromatic carbocycles.